The quantitative estimate of drug-likeness (QED) is 0.228. The summed E-state index contributed by atoms with van der Waals surface area (Å²) >= 11 is 6.00. The third kappa shape index (κ3) is 11.0. The Morgan fingerprint density at radius 2 is 1.88 bits per heavy atom. The summed E-state index contributed by atoms with van der Waals surface area (Å²) in [5.41, 5.74) is 0.357. The van der Waals surface area contributed by atoms with E-state index < -0.39 is 28.0 Å². The number of carbonyl (C=O) groups excluding carboxylic acids is 1. The molecule has 0 saturated heterocycles. The number of aromatic nitrogens is 2. The molecule has 1 amide bonds. The fraction of sp³-hybridized carbons (Fsp3) is 0.346. The molecule has 2 N–H and O–H groups in total. The first kappa shape index (κ1) is 32.8. The molecule has 16 heteroatoms. The molecule has 0 fully saturated rings. The van der Waals surface area contributed by atoms with E-state index in [1.165, 1.54) is 13.2 Å². The van der Waals surface area contributed by atoms with Gasteiger partial charge in [0, 0.05) is 38.3 Å². The van der Waals surface area contributed by atoms with Crippen molar-refractivity contribution in [1.29, 1.82) is 0 Å². The second kappa shape index (κ2) is 15.5. The fourth-order valence-corrected chi connectivity index (χ4v) is 4.33. The summed E-state index contributed by atoms with van der Waals surface area (Å²) in [5, 5.41) is -0.350. The molecule has 2 aromatic heterocycles. The van der Waals surface area contributed by atoms with Crippen molar-refractivity contribution < 1.29 is 45.3 Å². The van der Waals surface area contributed by atoms with Crippen LogP contribution < -0.4 is 18.9 Å². The van der Waals surface area contributed by atoms with Crippen LogP contribution in [0.15, 0.2) is 55.0 Å². The zero-order chi connectivity index (χ0) is 30.6. The number of halogens is 4. The van der Waals surface area contributed by atoms with Gasteiger partial charge in [-0.25, -0.2) is 14.5 Å². The zero-order valence-corrected chi connectivity index (χ0v) is 23.9. The molecule has 0 saturated carbocycles. The predicted molar refractivity (Wildman–Crippen MR) is 146 cm³/mol. The van der Waals surface area contributed by atoms with Crippen molar-refractivity contribution in [3.63, 3.8) is 0 Å². The van der Waals surface area contributed by atoms with Crippen LogP contribution in [0.3, 0.4) is 0 Å². The van der Waals surface area contributed by atoms with Gasteiger partial charge < -0.3 is 18.9 Å². The number of pyridine rings is 2. The number of ether oxygens (including phenoxy) is 4. The van der Waals surface area contributed by atoms with E-state index in [2.05, 4.69) is 14.7 Å². The van der Waals surface area contributed by atoms with Crippen LogP contribution in [-0.2, 0) is 38.7 Å². The minimum atomic E-state index is -4.63. The molecule has 11 nitrogen and oxygen atoms in total. The average molecular weight is 633 g/mol. The van der Waals surface area contributed by atoms with Crippen LogP contribution in [-0.4, -0.2) is 58.0 Å². The minimum Gasteiger partial charge on any atom is -0.491 e. The van der Waals surface area contributed by atoms with Gasteiger partial charge in [0.1, 0.15) is 23.1 Å². The number of methoxy groups -OCH3 is 1. The van der Waals surface area contributed by atoms with Crippen LogP contribution in [0.4, 0.5) is 18.0 Å². The molecular weight excluding hydrogens is 605 g/mol. The predicted octanol–water partition coefficient (Wildman–Crippen LogP) is 4.70. The molecule has 0 unspecified atom stereocenters. The van der Waals surface area contributed by atoms with Gasteiger partial charge in [-0.3, -0.25) is 4.98 Å². The first-order valence-electron chi connectivity index (χ1n) is 12.4. The molecule has 0 aliphatic rings. The molecule has 0 aliphatic heterocycles. The highest BCUT2D eigenvalue weighted by molar-refractivity contribution is 7.88. The van der Waals surface area contributed by atoms with Gasteiger partial charge in [0.05, 0.1) is 18.8 Å². The lowest BCUT2D eigenvalue weighted by Crippen LogP contribution is -2.41. The van der Waals surface area contributed by atoms with Crippen molar-refractivity contribution in [3.05, 3.63) is 76.7 Å². The highest BCUT2D eigenvalue weighted by Crippen LogP contribution is 2.36. The minimum absolute atomic E-state index is 0.0417. The summed E-state index contributed by atoms with van der Waals surface area (Å²) in [6.07, 6.45) is -1.10. The van der Waals surface area contributed by atoms with Gasteiger partial charge in [-0.2, -0.15) is 26.3 Å². The third-order valence-corrected chi connectivity index (χ3v) is 6.70. The van der Waals surface area contributed by atoms with Crippen molar-refractivity contribution in [2.24, 2.45) is 0 Å². The van der Waals surface area contributed by atoms with Gasteiger partial charge in [-0.1, -0.05) is 23.7 Å². The van der Waals surface area contributed by atoms with Crippen molar-refractivity contribution in [2.75, 3.05) is 33.5 Å². The third-order valence-electron chi connectivity index (χ3n) is 5.41. The largest absolute Gasteiger partial charge is 0.491 e. The zero-order valence-electron chi connectivity index (χ0n) is 22.3. The summed E-state index contributed by atoms with van der Waals surface area (Å²) < 4.78 is 88.4. The molecule has 0 bridgehead atoms. The van der Waals surface area contributed by atoms with Crippen LogP contribution in [0.5, 0.6) is 17.4 Å². The summed E-state index contributed by atoms with van der Waals surface area (Å²) in [4.78, 5) is 19.6. The summed E-state index contributed by atoms with van der Waals surface area (Å²) in [6.45, 7) is 0.444. The maximum absolute atomic E-state index is 13.0. The second-order valence-electron chi connectivity index (χ2n) is 8.57. The number of benzene rings is 1. The number of hydrogen-bond donors (Lipinski definition) is 2. The summed E-state index contributed by atoms with van der Waals surface area (Å²) in [7, 11) is -2.63. The van der Waals surface area contributed by atoms with Crippen LogP contribution in [0.1, 0.15) is 23.1 Å². The maximum Gasteiger partial charge on any atom is 0.421 e. The Bertz CT molecular complexity index is 1430. The number of nitrogens with one attached hydrogen (secondary N) is 2. The molecular formula is C26H28ClF3N4O7S. The van der Waals surface area contributed by atoms with Gasteiger partial charge in [0.15, 0.2) is 0 Å². The van der Waals surface area contributed by atoms with Crippen molar-refractivity contribution >= 4 is 27.9 Å². The van der Waals surface area contributed by atoms with Crippen LogP contribution in [0.25, 0.3) is 0 Å². The number of aryl methyl sites for hydroxylation is 1. The van der Waals surface area contributed by atoms with E-state index >= 15 is 0 Å². The number of alkyl halides is 3. The molecule has 0 atom stereocenters. The Morgan fingerprint density at radius 1 is 1.07 bits per heavy atom. The van der Waals surface area contributed by atoms with Gasteiger partial charge in [-0.15, -0.1) is 0 Å². The van der Waals surface area contributed by atoms with E-state index in [0.717, 1.165) is 5.56 Å². The second-order valence-corrected chi connectivity index (χ2v) is 10.5. The van der Waals surface area contributed by atoms with E-state index in [0.29, 0.717) is 36.6 Å². The van der Waals surface area contributed by atoms with Crippen molar-refractivity contribution in [1.82, 2.24) is 19.4 Å². The molecule has 42 heavy (non-hydrogen) atoms. The number of amides is 1. The fourth-order valence-electron chi connectivity index (χ4n) is 3.41. The lowest BCUT2D eigenvalue weighted by molar-refractivity contribution is -0.137. The number of hydrogen-bond acceptors (Lipinski definition) is 9. The Morgan fingerprint density at radius 3 is 2.57 bits per heavy atom. The topological polar surface area (TPSA) is 138 Å². The lowest BCUT2D eigenvalue weighted by Gasteiger charge is -2.15. The lowest BCUT2D eigenvalue weighted by atomic mass is 10.1. The molecule has 1 aromatic carbocycles. The summed E-state index contributed by atoms with van der Waals surface area (Å²) in [6, 6.07) is 9.04. The standard InChI is InChI=1S/C26H28ClF3N4O7S/c1-38-12-13-39-21-7-6-19(23(15-21)41-24-22(27)14-20(17-32-24)26(28,29)30)5-3-11-40-25(35)34-42(36,37)33-10-8-18-4-2-9-31-16-18/h2,4,6-7,9,14-17,33H,3,5,8,10-13H2,1H3,(H,34,35). The normalized spacial score (nSPS) is 11.6. The van der Waals surface area contributed by atoms with Gasteiger partial charge in [-0.05, 0) is 48.6 Å². The molecule has 2 heterocycles. The number of nitrogens with zero attached hydrogens (tertiary/aromatic N) is 2. The molecule has 228 valence electrons. The monoisotopic (exact) mass is 632 g/mol. The number of rotatable bonds is 15. The van der Waals surface area contributed by atoms with Crippen LogP contribution in [0.2, 0.25) is 5.02 Å². The van der Waals surface area contributed by atoms with Gasteiger partial charge >= 0.3 is 22.5 Å². The van der Waals surface area contributed by atoms with Crippen molar-refractivity contribution in [3.8, 4) is 17.4 Å². The smallest absolute Gasteiger partial charge is 0.421 e. The SMILES string of the molecule is COCCOc1ccc(CCCOC(=O)NS(=O)(=O)NCCc2cccnc2)c(Oc2ncc(C(F)(F)F)cc2Cl)c1. The molecule has 3 rings (SSSR count). The van der Waals surface area contributed by atoms with E-state index in [1.807, 2.05) is 0 Å². The Balaban J connectivity index is 1.57. The van der Waals surface area contributed by atoms with Crippen molar-refractivity contribution in [2.45, 2.75) is 25.4 Å². The highest BCUT2D eigenvalue weighted by Gasteiger charge is 2.32. The number of carbonyl (C=O) groups is 1. The van der Waals surface area contributed by atoms with E-state index in [9.17, 15) is 26.4 Å². The van der Waals surface area contributed by atoms with E-state index in [-0.39, 0.29) is 49.3 Å². The van der Waals surface area contributed by atoms with Gasteiger partial charge in [0.2, 0.25) is 5.88 Å². The van der Waals surface area contributed by atoms with E-state index in [4.69, 9.17) is 30.5 Å². The molecule has 0 aliphatic carbocycles. The first-order valence-corrected chi connectivity index (χ1v) is 14.3. The first-order chi connectivity index (χ1) is 20.0. The Hall–Kier alpha value is -3.66. The van der Waals surface area contributed by atoms with Crippen LogP contribution in [0, 0.1) is 0 Å². The molecule has 0 radical (unpaired) electrons. The van der Waals surface area contributed by atoms with E-state index in [1.54, 1.807) is 41.4 Å². The summed E-state index contributed by atoms with van der Waals surface area (Å²) in [5.74, 6) is 0.339. The Labute approximate surface area is 245 Å². The molecule has 3 aromatic rings. The highest BCUT2D eigenvalue weighted by atomic mass is 35.5. The Kier molecular flexibility index (Phi) is 12.2. The van der Waals surface area contributed by atoms with Crippen LogP contribution >= 0.6 is 11.6 Å². The van der Waals surface area contributed by atoms with Gasteiger partial charge in [0.25, 0.3) is 0 Å². The molecule has 0 spiro atoms. The maximum atomic E-state index is 13.0. The average Bonchev–Trinajstić information content (AvgIpc) is 2.93.